The van der Waals surface area contributed by atoms with E-state index in [0.717, 1.165) is 0 Å². The van der Waals surface area contributed by atoms with Crippen molar-refractivity contribution in [1.82, 2.24) is 0 Å². The summed E-state index contributed by atoms with van der Waals surface area (Å²) in [4.78, 5) is 0. The van der Waals surface area contributed by atoms with Gasteiger partial charge in [-0.15, -0.1) is 0 Å². The van der Waals surface area contributed by atoms with E-state index >= 15 is 0 Å². The Morgan fingerprint density at radius 3 is 0.777 bits per heavy atom. The standard InChI is InChI=1S/C18H34O52S12.12K/c19-71(20,21)56-2-5-10(64-76(34,35)36)13(67-79(43,44)45)15(69-81(49,50)51)17(59-5)55-1-7(62-74(28,29)30)9(12(66-78(40,41)42)8(63-75(31,32)33)4-58-73(25,26)27)61-18-16(70-82(52,53)54)14(68-80(46,47)48)11(65-77(37,38)39)6(60-18)3-57-72(22,23)24;;;;;;;;;;;;/h5-18H,1-4H2,(H,19,20,21)(H,22,23,24)(H,25,26,27)(H,28,29,30)(H,31,32,33)(H,34,35,36)(H,37,38,39)(H,40,41,42)(H,43,44,45)(H,46,47,48)(H,49,50,51)(H,52,53,54);;;;;;;;;;;;/q;12*+1/p-12/t5-,6-,7+,8-,9-,10-,11-,12-,13+,14+,15-,16-,17-,18+;;;;;;;;;;;;/m1............/s1. The van der Waals surface area contributed by atoms with Crippen LogP contribution in [0.4, 0.5) is 0 Å². The summed E-state index contributed by atoms with van der Waals surface area (Å²) in [5.41, 5.74) is 0. The van der Waals surface area contributed by atoms with Crippen LogP contribution in [-0.4, -0.2) is 268 Å². The van der Waals surface area contributed by atoms with E-state index in [1.807, 2.05) is 0 Å². The van der Waals surface area contributed by atoms with Gasteiger partial charge in [0, 0.05) is 0 Å². The zero-order valence-corrected chi connectivity index (χ0v) is 96.3. The number of hydrogen-bond donors (Lipinski definition) is 0. The molecule has 0 aromatic rings. The Morgan fingerprint density at radius 1 is 0.266 bits per heavy atom. The van der Waals surface area contributed by atoms with Gasteiger partial charge >= 0.3 is 617 Å². The molecule has 52 nitrogen and oxygen atoms in total. The zero-order chi connectivity index (χ0) is 64.2. The van der Waals surface area contributed by atoms with E-state index in [4.69, 9.17) is 18.9 Å². The van der Waals surface area contributed by atoms with Gasteiger partial charge < -0.3 is 73.6 Å². The first-order chi connectivity index (χ1) is 36.1. The van der Waals surface area contributed by atoms with Crippen molar-refractivity contribution >= 4 is 125 Å². The fourth-order valence-electron chi connectivity index (χ4n) is 6.04. The van der Waals surface area contributed by atoms with Crippen LogP contribution in [0.5, 0.6) is 0 Å². The van der Waals surface area contributed by atoms with Crippen molar-refractivity contribution < 1.29 is 841 Å². The van der Waals surface area contributed by atoms with Gasteiger partial charge in [-0.05, 0) is 0 Å². The van der Waals surface area contributed by atoms with Crippen molar-refractivity contribution in [2.24, 2.45) is 0 Å². The molecule has 2 saturated heterocycles. The molecule has 2 heterocycles. The van der Waals surface area contributed by atoms with Crippen LogP contribution < -0.4 is 617 Å². The second-order valence-electron chi connectivity index (χ2n) is 14.0. The second-order valence-corrected chi connectivity index (χ2v) is 26.2. The van der Waals surface area contributed by atoms with E-state index in [2.05, 4.69) is 50.2 Å². The minimum Gasteiger partial charge on any atom is -0.726 e. The topological polar surface area (TPSA) is 834 Å². The van der Waals surface area contributed by atoms with Crippen LogP contribution in [0, 0.1) is 0 Å². The average molecular weight is 1920 g/mol. The largest absolute Gasteiger partial charge is 1.00 e. The molecule has 14 atom stereocenters. The van der Waals surface area contributed by atoms with E-state index in [9.17, 15) is 156 Å². The fourth-order valence-corrected chi connectivity index (χ4v) is 11.3. The van der Waals surface area contributed by atoms with Gasteiger partial charge in [0.05, 0.1) is 26.4 Å². The van der Waals surface area contributed by atoms with Crippen LogP contribution in [0.3, 0.4) is 0 Å². The van der Waals surface area contributed by atoms with Crippen molar-refractivity contribution in [2.75, 3.05) is 26.4 Å². The van der Waals surface area contributed by atoms with Gasteiger partial charge in [0.2, 0.25) is 125 Å². The van der Waals surface area contributed by atoms with E-state index in [1.165, 1.54) is 0 Å². The molecule has 0 saturated carbocycles. The Bertz CT molecular complexity index is 3680. The molecule has 0 aromatic carbocycles. The maximum absolute atomic E-state index is 12.3. The third kappa shape index (κ3) is 64.7. The Hall–Kier alpha value is 17.9. The number of rotatable bonds is 35. The smallest absolute Gasteiger partial charge is 0.726 e. The molecule has 2 aliphatic heterocycles. The Balaban J connectivity index is -0.000000638. The molecule has 0 N–H and O–H groups in total. The van der Waals surface area contributed by atoms with E-state index in [0.29, 0.717) is 0 Å². The molecule has 490 valence electrons. The van der Waals surface area contributed by atoms with Gasteiger partial charge in [0.25, 0.3) is 0 Å². The van der Waals surface area contributed by atoms with Gasteiger partial charge in [-0.3, -0.25) is 50.2 Å². The summed E-state index contributed by atoms with van der Waals surface area (Å²) >= 11 is 0. The van der Waals surface area contributed by atoms with E-state index in [1.54, 1.807) is 0 Å². The Kier molecular flexibility index (Phi) is 83.5. The quantitative estimate of drug-likeness (QED) is 0.0323. The third-order valence-corrected chi connectivity index (χ3v) is 13.6. The van der Waals surface area contributed by atoms with Crippen molar-refractivity contribution in [3.05, 3.63) is 0 Å². The monoisotopic (exact) mass is 1920 g/mol. The maximum atomic E-state index is 12.3. The molecule has 0 unspecified atom stereocenters. The van der Waals surface area contributed by atoms with Crippen LogP contribution >= 0.6 is 0 Å². The first kappa shape index (κ1) is 135. The van der Waals surface area contributed by atoms with Crippen LogP contribution in [0.15, 0.2) is 0 Å². The number of hydrogen-bond acceptors (Lipinski definition) is 52. The maximum Gasteiger partial charge on any atom is 1.00 e. The molecule has 0 bridgehead atoms. The summed E-state index contributed by atoms with van der Waals surface area (Å²) in [7, 11) is -81.1. The first-order valence-electron chi connectivity index (χ1n) is 18.2. The van der Waals surface area contributed by atoms with Gasteiger partial charge in [-0.25, -0.2) is 101 Å². The summed E-state index contributed by atoms with van der Waals surface area (Å²) in [6.07, 6.45) is -54.9. The molecule has 0 aliphatic carbocycles. The molecule has 2 aliphatic rings. The summed E-state index contributed by atoms with van der Waals surface area (Å²) in [5.74, 6) is 0. The molecule has 76 heteroatoms. The molecule has 0 amide bonds. The predicted octanol–water partition coefficient (Wildman–Crippen LogP) is -50.1. The van der Waals surface area contributed by atoms with Crippen molar-refractivity contribution in [2.45, 2.75) is 85.8 Å². The van der Waals surface area contributed by atoms with Crippen molar-refractivity contribution in [3.8, 4) is 0 Å². The molecule has 0 spiro atoms. The molecule has 94 heavy (non-hydrogen) atoms. The van der Waals surface area contributed by atoms with Crippen molar-refractivity contribution in [3.63, 3.8) is 0 Å². The van der Waals surface area contributed by atoms with Gasteiger partial charge in [0.15, 0.2) is 24.8 Å². The molecule has 2 rings (SSSR count). The number of ether oxygens (including phenoxy) is 4. The first-order valence-corrected chi connectivity index (χ1v) is 34.2. The Morgan fingerprint density at radius 2 is 0.511 bits per heavy atom. The third-order valence-electron chi connectivity index (χ3n) is 8.17. The summed E-state index contributed by atoms with van der Waals surface area (Å²) in [6, 6.07) is 0. The fraction of sp³-hybridized carbons (Fsp3) is 1.00. The van der Waals surface area contributed by atoms with E-state index < -0.39 is 237 Å². The Labute approximate surface area is 1050 Å². The molecule has 2 fully saturated rings. The summed E-state index contributed by atoms with van der Waals surface area (Å²) in [5, 5.41) is 0. The van der Waals surface area contributed by atoms with Gasteiger partial charge in [-0.1, -0.05) is 0 Å². The molecule has 0 aromatic heterocycles. The average Bonchev–Trinajstić information content (AvgIpc) is 3.17. The molecular weight excluding hydrogens is 1900 g/mol. The van der Waals surface area contributed by atoms with Crippen molar-refractivity contribution in [1.29, 1.82) is 0 Å². The summed E-state index contributed by atoms with van der Waals surface area (Å²) < 4.78 is 490. The predicted molar refractivity (Wildman–Crippen MR) is 206 cm³/mol. The summed E-state index contributed by atoms with van der Waals surface area (Å²) in [6.45, 7) is -10.4. The minimum atomic E-state index is -7.16. The van der Waals surface area contributed by atoms with E-state index in [-0.39, 0.29) is 617 Å². The molecule has 0 radical (unpaired) electrons. The zero-order valence-electron chi connectivity index (χ0n) is 49.0. The van der Waals surface area contributed by atoms with Gasteiger partial charge in [0.1, 0.15) is 61.0 Å². The second kappa shape index (κ2) is 58.1. The minimum absolute atomic E-state index is 0. The molecular formula is C18H22K12O52S12. The van der Waals surface area contributed by atoms with Gasteiger partial charge in [-0.2, -0.15) is 0 Å². The van der Waals surface area contributed by atoms with Crippen LogP contribution in [-0.2, 0) is 194 Å². The van der Waals surface area contributed by atoms with Crippen LogP contribution in [0.2, 0.25) is 0 Å². The van der Waals surface area contributed by atoms with Crippen LogP contribution in [0.1, 0.15) is 0 Å². The van der Waals surface area contributed by atoms with Crippen LogP contribution in [0.25, 0.3) is 0 Å². The SMILES string of the molecule is O=S(=O)([O-])OC[C@H]1O[C@@H](OC[C@H](OS(=O)(=O)[O-])[C@@H](O[C@@H]2O[C@H](COS(=O)(=O)[O-])[C@@H](OS(=O)(=O)[O-])[C@H](OS(=O)(=O)[O-])[C@H]2OS(=O)(=O)[O-])[C@H](OS(=O)(=O)[O-])[C@@H](COS(=O)(=O)[O-])OS(=O)(=O)[O-])[C@H](OS(=O)(=O)[O-])[C@@H](OS(=O)(=O)[O-])[C@@H]1OS(=O)(=O)[O-].[K+].[K+].[K+].[K+].[K+].[K+].[K+].[K+].[K+].[K+].[K+].[K+]. The normalized spacial score (nSPS) is 23.6.